The number of nitrogens with one attached hydrogen (secondary N) is 3. The lowest BCUT2D eigenvalue weighted by molar-refractivity contribution is 0.284. The molecule has 0 spiro atoms. The number of hydrogen-bond donors (Lipinski definition) is 3. The molecule has 192 valence electrons. The summed E-state index contributed by atoms with van der Waals surface area (Å²) in [6, 6.07) is 22.5. The second kappa shape index (κ2) is 11.2. The van der Waals surface area contributed by atoms with Gasteiger partial charge >= 0.3 is 0 Å². The molecule has 7 nitrogen and oxygen atoms in total. The first kappa shape index (κ1) is 25.1. The molecule has 1 aliphatic carbocycles. The van der Waals surface area contributed by atoms with Gasteiger partial charge in [-0.3, -0.25) is 0 Å². The number of para-hydroxylation sites is 1. The van der Waals surface area contributed by atoms with E-state index in [2.05, 4.69) is 25.3 Å². The SMILES string of the molecule is O=S(=O)(NCC1CCC(CNc2nc(Nc3cccc(F)c3)c3ccccc3n2)CC1)c1ccccc1. The minimum Gasteiger partial charge on any atom is -0.354 e. The van der Waals surface area contributed by atoms with Crippen LogP contribution in [0.5, 0.6) is 0 Å². The number of rotatable bonds is 9. The normalized spacial score (nSPS) is 18.0. The summed E-state index contributed by atoms with van der Waals surface area (Å²) in [4.78, 5) is 9.65. The molecule has 1 aliphatic rings. The summed E-state index contributed by atoms with van der Waals surface area (Å²) in [7, 11) is -3.47. The molecule has 1 aromatic heterocycles. The zero-order valence-electron chi connectivity index (χ0n) is 20.4. The minimum absolute atomic E-state index is 0.300. The highest BCUT2D eigenvalue weighted by Crippen LogP contribution is 2.30. The van der Waals surface area contributed by atoms with E-state index >= 15 is 0 Å². The van der Waals surface area contributed by atoms with Crippen molar-refractivity contribution in [2.45, 2.75) is 30.6 Å². The number of fused-ring (bicyclic) bond motifs is 1. The predicted octanol–water partition coefficient (Wildman–Crippen LogP) is 5.71. The van der Waals surface area contributed by atoms with Crippen molar-refractivity contribution in [1.82, 2.24) is 14.7 Å². The zero-order chi connectivity index (χ0) is 25.7. The van der Waals surface area contributed by atoms with Gasteiger partial charge in [-0.1, -0.05) is 36.4 Å². The Kier molecular flexibility index (Phi) is 7.62. The number of sulfonamides is 1. The molecule has 0 unspecified atom stereocenters. The highest BCUT2D eigenvalue weighted by Gasteiger charge is 2.23. The van der Waals surface area contributed by atoms with E-state index in [1.165, 1.54) is 12.1 Å². The molecule has 1 heterocycles. The van der Waals surface area contributed by atoms with E-state index in [1.807, 2.05) is 24.3 Å². The van der Waals surface area contributed by atoms with Gasteiger partial charge in [-0.15, -0.1) is 0 Å². The third-order valence-corrected chi connectivity index (χ3v) is 8.26. The largest absolute Gasteiger partial charge is 0.354 e. The van der Waals surface area contributed by atoms with Crippen molar-refractivity contribution in [3.63, 3.8) is 0 Å². The molecule has 3 N–H and O–H groups in total. The minimum atomic E-state index is -3.47. The van der Waals surface area contributed by atoms with E-state index in [1.54, 1.807) is 42.5 Å². The number of nitrogens with zero attached hydrogens (tertiary/aromatic N) is 2. The summed E-state index contributed by atoms with van der Waals surface area (Å²) in [5.41, 5.74) is 1.42. The van der Waals surface area contributed by atoms with Gasteiger partial charge in [0, 0.05) is 24.2 Å². The second-order valence-electron chi connectivity index (χ2n) is 9.48. The lowest BCUT2D eigenvalue weighted by Crippen LogP contribution is -2.32. The zero-order valence-corrected chi connectivity index (χ0v) is 21.2. The van der Waals surface area contributed by atoms with Crippen molar-refractivity contribution in [3.05, 3.63) is 84.7 Å². The molecule has 1 fully saturated rings. The van der Waals surface area contributed by atoms with Crippen LogP contribution in [0.4, 0.5) is 21.8 Å². The number of halogens is 1. The molecular formula is C28H30FN5O2S. The number of benzene rings is 3. The third-order valence-electron chi connectivity index (χ3n) is 6.82. The highest BCUT2D eigenvalue weighted by atomic mass is 32.2. The Balaban J connectivity index is 1.17. The average molecular weight is 520 g/mol. The van der Waals surface area contributed by atoms with Crippen LogP contribution in [0.25, 0.3) is 10.9 Å². The van der Waals surface area contributed by atoms with Crippen LogP contribution < -0.4 is 15.4 Å². The fourth-order valence-corrected chi connectivity index (χ4v) is 5.88. The molecule has 0 aliphatic heterocycles. The number of anilines is 3. The van der Waals surface area contributed by atoms with Gasteiger partial charge in [0.25, 0.3) is 0 Å². The maximum atomic E-state index is 13.7. The Labute approximate surface area is 216 Å². The quantitative estimate of drug-likeness (QED) is 0.262. The first-order chi connectivity index (χ1) is 18.0. The van der Waals surface area contributed by atoms with Crippen LogP contribution in [0.2, 0.25) is 0 Å². The van der Waals surface area contributed by atoms with Gasteiger partial charge in [-0.05, 0) is 80.0 Å². The molecular weight excluding hydrogens is 489 g/mol. The van der Waals surface area contributed by atoms with E-state index in [0.29, 0.717) is 40.7 Å². The van der Waals surface area contributed by atoms with Gasteiger partial charge in [-0.25, -0.2) is 22.5 Å². The second-order valence-corrected chi connectivity index (χ2v) is 11.2. The van der Waals surface area contributed by atoms with Gasteiger partial charge in [-0.2, -0.15) is 4.98 Å². The molecule has 3 aromatic carbocycles. The third kappa shape index (κ3) is 6.42. The van der Waals surface area contributed by atoms with Crippen molar-refractivity contribution in [3.8, 4) is 0 Å². The number of aromatic nitrogens is 2. The van der Waals surface area contributed by atoms with Gasteiger partial charge in [0.2, 0.25) is 16.0 Å². The van der Waals surface area contributed by atoms with Crippen LogP contribution in [0.15, 0.2) is 83.8 Å². The topological polar surface area (TPSA) is 96.0 Å². The first-order valence-corrected chi connectivity index (χ1v) is 14.0. The van der Waals surface area contributed by atoms with Crippen LogP contribution in [-0.2, 0) is 10.0 Å². The molecule has 4 aromatic rings. The van der Waals surface area contributed by atoms with Crippen molar-refractivity contribution in [1.29, 1.82) is 0 Å². The lowest BCUT2D eigenvalue weighted by Gasteiger charge is -2.28. The molecule has 0 atom stereocenters. The molecule has 37 heavy (non-hydrogen) atoms. The van der Waals surface area contributed by atoms with Crippen LogP contribution in [0.1, 0.15) is 25.7 Å². The molecule has 1 saturated carbocycles. The van der Waals surface area contributed by atoms with E-state index in [0.717, 1.165) is 43.1 Å². The smallest absolute Gasteiger partial charge is 0.240 e. The Morgan fingerprint density at radius 1 is 0.811 bits per heavy atom. The Bertz CT molecular complexity index is 1460. The van der Waals surface area contributed by atoms with Crippen molar-refractivity contribution >= 4 is 38.4 Å². The first-order valence-electron chi connectivity index (χ1n) is 12.5. The van der Waals surface area contributed by atoms with Gasteiger partial charge < -0.3 is 10.6 Å². The molecule has 5 rings (SSSR count). The van der Waals surface area contributed by atoms with E-state index < -0.39 is 10.0 Å². The summed E-state index contributed by atoms with van der Waals surface area (Å²) in [5, 5.41) is 7.47. The molecule has 0 amide bonds. The van der Waals surface area contributed by atoms with Crippen LogP contribution >= 0.6 is 0 Å². The fourth-order valence-electron chi connectivity index (χ4n) is 4.74. The van der Waals surface area contributed by atoms with E-state index in [-0.39, 0.29) is 5.82 Å². The highest BCUT2D eigenvalue weighted by molar-refractivity contribution is 7.89. The standard InChI is InChI=1S/C28H30FN5O2S/c29-22-7-6-8-23(17-22)32-27-25-11-4-5-12-26(25)33-28(34-27)30-18-20-13-15-21(16-14-20)19-31-37(35,36)24-9-2-1-3-10-24/h1-12,17,20-21,31H,13-16,18-19H2,(H2,30,32,33,34). The summed E-state index contributed by atoms with van der Waals surface area (Å²) < 4.78 is 41.4. The Hall–Kier alpha value is -3.56. The maximum Gasteiger partial charge on any atom is 0.240 e. The summed E-state index contributed by atoms with van der Waals surface area (Å²) in [6.07, 6.45) is 3.95. The lowest BCUT2D eigenvalue weighted by atomic mass is 9.82. The monoisotopic (exact) mass is 519 g/mol. The van der Waals surface area contributed by atoms with Gasteiger partial charge in [0.15, 0.2) is 0 Å². The Morgan fingerprint density at radius 3 is 2.27 bits per heavy atom. The van der Waals surface area contributed by atoms with Crippen molar-refractivity contribution in [2.75, 3.05) is 23.7 Å². The van der Waals surface area contributed by atoms with Crippen molar-refractivity contribution < 1.29 is 12.8 Å². The van der Waals surface area contributed by atoms with Crippen LogP contribution in [0.3, 0.4) is 0 Å². The molecule has 0 saturated heterocycles. The molecule has 0 radical (unpaired) electrons. The number of hydrogen-bond acceptors (Lipinski definition) is 6. The van der Waals surface area contributed by atoms with E-state index in [9.17, 15) is 12.8 Å². The summed E-state index contributed by atoms with van der Waals surface area (Å²) in [5.74, 6) is 1.61. The molecule has 9 heteroatoms. The summed E-state index contributed by atoms with van der Waals surface area (Å²) >= 11 is 0. The van der Waals surface area contributed by atoms with Crippen LogP contribution in [0, 0.1) is 17.7 Å². The average Bonchev–Trinajstić information content (AvgIpc) is 2.92. The van der Waals surface area contributed by atoms with Gasteiger partial charge in [0.1, 0.15) is 11.6 Å². The predicted molar refractivity (Wildman–Crippen MR) is 145 cm³/mol. The van der Waals surface area contributed by atoms with Crippen molar-refractivity contribution in [2.24, 2.45) is 11.8 Å². The van der Waals surface area contributed by atoms with E-state index in [4.69, 9.17) is 0 Å². The van der Waals surface area contributed by atoms with Crippen LogP contribution in [-0.4, -0.2) is 31.5 Å². The van der Waals surface area contributed by atoms with Gasteiger partial charge in [0.05, 0.1) is 10.4 Å². The Morgan fingerprint density at radius 2 is 1.51 bits per heavy atom. The maximum absolute atomic E-state index is 13.7. The summed E-state index contributed by atoms with van der Waals surface area (Å²) in [6.45, 7) is 1.19. The molecule has 0 bridgehead atoms. The fraction of sp³-hybridized carbons (Fsp3) is 0.286.